The number of ether oxygens (including phenoxy) is 2. The van der Waals surface area contributed by atoms with Crippen LogP contribution in [0.1, 0.15) is 11.1 Å². The number of hydrogen-bond acceptors (Lipinski definition) is 5. The van der Waals surface area contributed by atoms with Crippen LogP contribution in [0.2, 0.25) is 5.02 Å². The van der Waals surface area contributed by atoms with Gasteiger partial charge in [0.2, 0.25) is 0 Å². The molecule has 0 saturated heterocycles. The predicted molar refractivity (Wildman–Crippen MR) is 82.9 cm³/mol. The minimum atomic E-state index is -4.42. The van der Waals surface area contributed by atoms with Gasteiger partial charge in [0.1, 0.15) is 19.0 Å². The fourth-order valence-electron chi connectivity index (χ4n) is 2.01. The van der Waals surface area contributed by atoms with Gasteiger partial charge in [0.15, 0.2) is 11.5 Å². The maximum Gasteiger partial charge on any atom is 0.417 e. The zero-order chi connectivity index (χ0) is 17.2. The summed E-state index contributed by atoms with van der Waals surface area (Å²) < 4.78 is 48.2. The quantitative estimate of drug-likeness (QED) is 0.667. The van der Waals surface area contributed by atoms with Gasteiger partial charge in [-0.3, -0.25) is 5.43 Å². The Labute approximate surface area is 140 Å². The number of anilines is 1. The first-order valence-corrected chi connectivity index (χ1v) is 7.23. The average molecular weight is 358 g/mol. The first kappa shape index (κ1) is 16.4. The molecule has 0 bridgehead atoms. The van der Waals surface area contributed by atoms with Crippen LogP contribution in [0.4, 0.5) is 19.0 Å². The molecule has 1 aliphatic heterocycles. The monoisotopic (exact) mass is 357 g/mol. The molecule has 0 atom stereocenters. The maximum absolute atomic E-state index is 12.4. The van der Waals surface area contributed by atoms with E-state index < -0.39 is 11.7 Å². The van der Waals surface area contributed by atoms with Crippen LogP contribution in [0, 0.1) is 0 Å². The Kier molecular flexibility index (Phi) is 4.48. The summed E-state index contributed by atoms with van der Waals surface area (Å²) in [5.74, 6) is 1.18. The largest absolute Gasteiger partial charge is 0.486 e. The Balaban J connectivity index is 1.69. The number of benzene rings is 1. The average Bonchev–Trinajstić information content (AvgIpc) is 2.55. The molecule has 1 aromatic heterocycles. The first-order valence-electron chi connectivity index (χ1n) is 6.85. The highest BCUT2D eigenvalue weighted by molar-refractivity contribution is 6.32. The number of rotatable bonds is 3. The summed E-state index contributed by atoms with van der Waals surface area (Å²) in [7, 11) is 0. The third kappa shape index (κ3) is 3.70. The summed E-state index contributed by atoms with van der Waals surface area (Å²) in [6.07, 6.45) is -2.24. The van der Waals surface area contributed by atoms with Crippen molar-refractivity contribution in [3.8, 4) is 11.5 Å². The van der Waals surface area contributed by atoms with E-state index in [0.717, 1.165) is 12.3 Å². The topological polar surface area (TPSA) is 55.7 Å². The fraction of sp³-hybridized carbons (Fsp3) is 0.200. The van der Waals surface area contributed by atoms with E-state index in [1.54, 1.807) is 12.1 Å². The van der Waals surface area contributed by atoms with Crippen molar-refractivity contribution in [1.82, 2.24) is 4.98 Å². The molecule has 0 fully saturated rings. The van der Waals surface area contributed by atoms with Crippen LogP contribution >= 0.6 is 11.6 Å². The molecule has 126 valence electrons. The molecule has 0 spiro atoms. The summed E-state index contributed by atoms with van der Waals surface area (Å²) in [6.45, 7) is 0.860. The van der Waals surface area contributed by atoms with Crippen LogP contribution < -0.4 is 14.9 Å². The van der Waals surface area contributed by atoms with Crippen LogP contribution in [-0.4, -0.2) is 24.4 Å². The zero-order valence-corrected chi connectivity index (χ0v) is 12.9. The third-order valence-corrected chi connectivity index (χ3v) is 3.38. The number of alkyl halides is 3. The van der Waals surface area contributed by atoms with E-state index in [9.17, 15) is 13.2 Å². The third-order valence-electron chi connectivity index (χ3n) is 3.10. The molecule has 5 nitrogen and oxygen atoms in total. The summed E-state index contributed by atoms with van der Waals surface area (Å²) in [6, 6.07) is 5.45. The lowest BCUT2D eigenvalue weighted by atomic mass is 10.2. The van der Waals surface area contributed by atoms with Crippen LogP contribution in [0.5, 0.6) is 11.5 Å². The number of halogens is 4. The lowest BCUT2D eigenvalue weighted by Crippen LogP contribution is -2.15. The molecule has 1 N–H and O–H groups in total. The highest BCUT2D eigenvalue weighted by Gasteiger charge is 2.30. The Hall–Kier alpha value is -2.48. The summed E-state index contributed by atoms with van der Waals surface area (Å²) >= 11 is 6.10. The number of hydrazone groups is 1. The minimum absolute atomic E-state index is 0.183. The number of nitrogens with one attached hydrogen (secondary N) is 1. The van der Waals surface area contributed by atoms with Crippen LogP contribution in [0.3, 0.4) is 0 Å². The summed E-state index contributed by atoms with van der Waals surface area (Å²) in [5.41, 5.74) is 2.37. The molecule has 0 unspecified atom stereocenters. The van der Waals surface area contributed by atoms with Gasteiger partial charge in [0, 0.05) is 6.20 Å². The van der Waals surface area contributed by atoms with Gasteiger partial charge in [-0.1, -0.05) is 11.6 Å². The smallest absolute Gasteiger partial charge is 0.417 e. The Morgan fingerprint density at radius 1 is 1.21 bits per heavy atom. The summed E-state index contributed by atoms with van der Waals surface area (Å²) in [5, 5.41) is 4.31. The molecule has 0 saturated carbocycles. The Morgan fingerprint density at radius 2 is 2.00 bits per heavy atom. The van der Waals surface area contributed by atoms with Crippen molar-refractivity contribution in [2.75, 3.05) is 18.6 Å². The van der Waals surface area contributed by atoms with E-state index in [2.05, 4.69) is 15.5 Å². The molecule has 9 heteroatoms. The maximum atomic E-state index is 12.4. The molecule has 24 heavy (non-hydrogen) atoms. The van der Waals surface area contributed by atoms with Crippen molar-refractivity contribution in [1.29, 1.82) is 0 Å². The van der Waals surface area contributed by atoms with Gasteiger partial charge in [-0.2, -0.15) is 18.3 Å². The van der Waals surface area contributed by atoms with Gasteiger partial charge in [-0.05, 0) is 29.8 Å². The standard InChI is InChI=1S/C15H11ClF3N3O2/c16-11-5-9(6-12-14(11)24-4-3-23-12)7-21-22-13-2-1-10(8-20-13)15(17,18)19/h1-2,5-8H,3-4H2,(H,20,22)/b21-7-. The molecule has 1 aromatic carbocycles. The van der Waals surface area contributed by atoms with Gasteiger partial charge in [0.05, 0.1) is 16.8 Å². The van der Waals surface area contributed by atoms with Crippen molar-refractivity contribution in [3.63, 3.8) is 0 Å². The lowest BCUT2D eigenvalue weighted by molar-refractivity contribution is -0.137. The Morgan fingerprint density at radius 3 is 2.71 bits per heavy atom. The van der Waals surface area contributed by atoms with E-state index >= 15 is 0 Å². The molecular weight excluding hydrogens is 347 g/mol. The highest BCUT2D eigenvalue weighted by Crippen LogP contribution is 2.37. The van der Waals surface area contributed by atoms with Crippen molar-refractivity contribution < 1.29 is 22.6 Å². The fourth-order valence-corrected chi connectivity index (χ4v) is 2.28. The second-order valence-corrected chi connectivity index (χ2v) is 5.23. The van der Waals surface area contributed by atoms with Crippen molar-refractivity contribution in [3.05, 3.63) is 46.6 Å². The lowest BCUT2D eigenvalue weighted by Gasteiger charge is -2.19. The molecule has 0 aliphatic carbocycles. The number of pyridine rings is 1. The Bertz CT molecular complexity index is 764. The molecular formula is C15H11ClF3N3O2. The number of fused-ring (bicyclic) bond motifs is 1. The predicted octanol–water partition coefficient (Wildman–Crippen LogP) is 3.97. The van der Waals surface area contributed by atoms with E-state index in [1.807, 2.05) is 0 Å². The van der Waals surface area contributed by atoms with Crippen LogP contribution in [0.15, 0.2) is 35.6 Å². The zero-order valence-electron chi connectivity index (χ0n) is 12.1. The van der Waals surface area contributed by atoms with Gasteiger partial charge in [0.25, 0.3) is 0 Å². The highest BCUT2D eigenvalue weighted by atomic mass is 35.5. The van der Waals surface area contributed by atoms with E-state index in [4.69, 9.17) is 21.1 Å². The van der Waals surface area contributed by atoms with Gasteiger partial charge in [-0.25, -0.2) is 4.98 Å². The van der Waals surface area contributed by atoms with Gasteiger partial charge in [-0.15, -0.1) is 0 Å². The second kappa shape index (κ2) is 6.56. The molecule has 3 rings (SSSR count). The number of nitrogens with zero attached hydrogens (tertiary/aromatic N) is 2. The van der Waals surface area contributed by atoms with Crippen molar-refractivity contribution in [2.45, 2.75) is 6.18 Å². The molecule has 2 heterocycles. The van der Waals surface area contributed by atoms with Gasteiger partial charge >= 0.3 is 6.18 Å². The van der Waals surface area contributed by atoms with E-state index in [0.29, 0.717) is 35.3 Å². The SMILES string of the molecule is FC(F)(F)c1ccc(N/N=C\c2cc(Cl)c3c(c2)OCCO3)nc1. The number of hydrogen-bond donors (Lipinski definition) is 1. The number of aromatic nitrogens is 1. The van der Waals surface area contributed by atoms with E-state index in [-0.39, 0.29) is 5.82 Å². The van der Waals surface area contributed by atoms with Gasteiger partial charge < -0.3 is 9.47 Å². The molecule has 1 aliphatic rings. The summed E-state index contributed by atoms with van der Waals surface area (Å²) in [4.78, 5) is 3.65. The first-order chi connectivity index (χ1) is 11.4. The van der Waals surface area contributed by atoms with Crippen molar-refractivity contribution in [2.24, 2.45) is 5.10 Å². The molecule has 0 amide bonds. The van der Waals surface area contributed by atoms with Crippen LogP contribution in [-0.2, 0) is 6.18 Å². The van der Waals surface area contributed by atoms with Crippen LogP contribution in [0.25, 0.3) is 0 Å². The molecule has 0 radical (unpaired) electrons. The van der Waals surface area contributed by atoms with E-state index in [1.165, 1.54) is 12.3 Å². The second-order valence-electron chi connectivity index (χ2n) is 4.83. The minimum Gasteiger partial charge on any atom is -0.486 e. The van der Waals surface area contributed by atoms with Crippen molar-refractivity contribution >= 4 is 23.6 Å². The molecule has 2 aromatic rings. The normalized spacial score (nSPS) is 14.0.